The van der Waals surface area contributed by atoms with Crippen molar-refractivity contribution in [3.63, 3.8) is 0 Å². The Balaban J connectivity index is 1.46. The largest absolute Gasteiger partial charge is 0.355 e. The molecule has 5 nitrogen and oxygen atoms in total. The van der Waals surface area contributed by atoms with E-state index >= 15 is 0 Å². The average molecular weight is 340 g/mol. The van der Waals surface area contributed by atoms with Gasteiger partial charge in [0.1, 0.15) is 0 Å². The van der Waals surface area contributed by atoms with Gasteiger partial charge in [0, 0.05) is 19.5 Å². The molecule has 0 saturated carbocycles. The van der Waals surface area contributed by atoms with Crippen LogP contribution in [0.3, 0.4) is 0 Å². The van der Waals surface area contributed by atoms with Gasteiger partial charge < -0.3 is 5.32 Å². The molecule has 0 spiro atoms. The molecule has 1 heterocycles. The van der Waals surface area contributed by atoms with E-state index in [9.17, 15) is 14.4 Å². The van der Waals surface area contributed by atoms with E-state index in [1.54, 1.807) is 0 Å². The van der Waals surface area contributed by atoms with Gasteiger partial charge in [-0.15, -0.1) is 0 Å². The van der Waals surface area contributed by atoms with Crippen LogP contribution in [-0.2, 0) is 14.4 Å². The SMILES string of the molecule is CC(CNC(=O)CCN1C(=O)[C@H]2CC=CC[C@H]2C1=O)c1ccccc1. The molecular formula is C20H24N2O3. The molecule has 0 aromatic heterocycles. The van der Waals surface area contributed by atoms with E-state index in [0.29, 0.717) is 19.4 Å². The molecule has 1 aromatic carbocycles. The molecule has 132 valence electrons. The molecule has 1 aliphatic carbocycles. The predicted octanol–water partition coefficient (Wildman–Crippen LogP) is 2.25. The van der Waals surface area contributed by atoms with Crippen molar-refractivity contribution in [2.24, 2.45) is 11.8 Å². The maximum absolute atomic E-state index is 12.4. The number of rotatable bonds is 6. The molecule has 3 amide bonds. The smallest absolute Gasteiger partial charge is 0.233 e. The summed E-state index contributed by atoms with van der Waals surface area (Å²) in [6, 6.07) is 9.99. The lowest BCUT2D eigenvalue weighted by atomic mass is 9.85. The Labute approximate surface area is 148 Å². The minimum atomic E-state index is -0.223. The van der Waals surface area contributed by atoms with E-state index in [-0.39, 0.29) is 48.4 Å². The van der Waals surface area contributed by atoms with Gasteiger partial charge in [0.05, 0.1) is 11.8 Å². The van der Waals surface area contributed by atoms with E-state index in [0.717, 1.165) is 0 Å². The van der Waals surface area contributed by atoms with Crippen molar-refractivity contribution < 1.29 is 14.4 Å². The van der Waals surface area contributed by atoms with Gasteiger partial charge in [0.15, 0.2) is 0 Å². The second-order valence-electron chi connectivity index (χ2n) is 6.85. The van der Waals surface area contributed by atoms with Crippen molar-refractivity contribution >= 4 is 17.7 Å². The van der Waals surface area contributed by atoms with Gasteiger partial charge in [-0.3, -0.25) is 19.3 Å². The topological polar surface area (TPSA) is 66.5 Å². The second kappa shape index (κ2) is 7.64. The first-order valence-electron chi connectivity index (χ1n) is 8.89. The number of carbonyl (C=O) groups is 3. The Morgan fingerprint density at radius 2 is 1.72 bits per heavy atom. The fraction of sp³-hybridized carbons (Fsp3) is 0.450. The van der Waals surface area contributed by atoms with E-state index in [1.165, 1.54) is 10.5 Å². The summed E-state index contributed by atoms with van der Waals surface area (Å²) in [5.74, 6) is -0.600. The van der Waals surface area contributed by atoms with Gasteiger partial charge in [-0.1, -0.05) is 49.4 Å². The molecule has 0 bridgehead atoms. The molecular weight excluding hydrogens is 316 g/mol. The number of hydrogen-bond acceptors (Lipinski definition) is 3. The highest BCUT2D eigenvalue weighted by atomic mass is 16.2. The van der Waals surface area contributed by atoms with Crippen molar-refractivity contribution in [2.45, 2.75) is 32.1 Å². The van der Waals surface area contributed by atoms with Gasteiger partial charge in [0.2, 0.25) is 17.7 Å². The van der Waals surface area contributed by atoms with E-state index in [4.69, 9.17) is 0 Å². The normalized spacial score (nSPS) is 23.5. The van der Waals surface area contributed by atoms with Gasteiger partial charge in [-0.25, -0.2) is 0 Å². The van der Waals surface area contributed by atoms with Gasteiger partial charge in [-0.05, 0) is 24.3 Å². The van der Waals surface area contributed by atoms with Crippen LogP contribution in [0.25, 0.3) is 0 Å². The van der Waals surface area contributed by atoms with Gasteiger partial charge in [-0.2, -0.15) is 0 Å². The number of nitrogens with zero attached hydrogens (tertiary/aromatic N) is 1. The summed E-state index contributed by atoms with van der Waals surface area (Å²) < 4.78 is 0. The molecule has 25 heavy (non-hydrogen) atoms. The van der Waals surface area contributed by atoms with Crippen molar-refractivity contribution in [2.75, 3.05) is 13.1 Å². The maximum atomic E-state index is 12.4. The molecule has 2 aliphatic rings. The number of carbonyl (C=O) groups excluding carboxylic acids is 3. The van der Waals surface area contributed by atoms with Crippen LogP contribution < -0.4 is 5.32 Å². The fourth-order valence-corrected chi connectivity index (χ4v) is 3.56. The highest BCUT2D eigenvalue weighted by Gasteiger charge is 2.46. The molecule has 1 saturated heterocycles. The summed E-state index contributed by atoms with van der Waals surface area (Å²) >= 11 is 0. The van der Waals surface area contributed by atoms with E-state index in [1.807, 2.05) is 42.5 Å². The van der Waals surface area contributed by atoms with Crippen molar-refractivity contribution in [1.82, 2.24) is 10.2 Å². The Morgan fingerprint density at radius 1 is 1.12 bits per heavy atom. The van der Waals surface area contributed by atoms with Gasteiger partial charge >= 0.3 is 0 Å². The lowest BCUT2D eigenvalue weighted by Crippen LogP contribution is -2.36. The van der Waals surface area contributed by atoms with Crippen LogP contribution in [0.1, 0.15) is 37.7 Å². The zero-order valence-electron chi connectivity index (χ0n) is 14.5. The number of imide groups is 1. The third kappa shape index (κ3) is 3.81. The first kappa shape index (κ1) is 17.4. The highest BCUT2D eigenvalue weighted by Crippen LogP contribution is 2.34. The van der Waals surface area contributed by atoms with Crippen molar-refractivity contribution in [3.05, 3.63) is 48.0 Å². The summed E-state index contributed by atoms with van der Waals surface area (Å²) in [5.41, 5.74) is 1.17. The minimum absolute atomic E-state index is 0.121. The molecule has 1 aliphatic heterocycles. The number of fused-ring (bicyclic) bond motifs is 1. The van der Waals surface area contributed by atoms with Crippen molar-refractivity contribution in [1.29, 1.82) is 0 Å². The van der Waals surface area contributed by atoms with Crippen molar-refractivity contribution in [3.8, 4) is 0 Å². The molecule has 5 heteroatoms. The van der Waals surface area contributed by atoms with Crippen LogP contribution in [0.4, 0.5) is 0 Å². The first-order chi connectivity index (χ1) is 12.1. The van der Waals surface area contributed by atoms with E-state index < -0.39 is 0 Å². The number of amides is 3. The second-order valence-corrected chi connectivity index (χ2v) is 6.85. The molecule has 3 atom stereocenters. The number of allylic oxidation sites excluding steroid dienone is 2. The van der Waals surface area contributed by atoms with Crippen LogP contribution >= 0.6 is 0 Å². The van der Waals surface area contributed by atoms with Crippen LogP contribution in [0.5, 0.6) is 0 Å². The monoisotopic (exact) mass is 340 g/mol. The number of benzene rings is 1. The minimum Gasteiger partial charge on any atom is -0.355 e. The number of likely N-dealkylation sites (tertiary alicyclic amines) is 1. The standard InChI is InChI=1S/C20H24N2O3/c1-14(15-7-3-2-4-8-15)13-21-18(23)11-12-22-19(24)16-9-5-6-10-17(16)20(22)25/h2-8,14,16-17H,9-13H2,1H3,(H,21,23)/t14?,16-,17+. The average Bonchev–Trinajstić information content (AvgIpc) is 2.89. The number of nitrogens with one attached hydrogen (secondary N) is 1. The van der Waals surface area contributed by atoms with Crippen LogP contribution in [0.2, 0.25) is 0 Å². The number of hydrogen-bond donors (Lipinski definition) is 1. The fourth-order valence-electron chi connectivity index (χ4n) is 3.56. The highest BCUT2D eigenvalue weighted by molar-refractivity contribution is 6.05. The van der Waals surface area contributed by atoms with Crippen LogP contribution in [0.15, 0.2) is 42.5 Å². The van der Waals surface area contributed by atoms with Crippen LogP contribution in [0, 0.1) is 11.8 Å². The lowest BCUT2D eigenvalue weighted by molar-refractivity contribution is -0.140. The molecule has 3 rings (SSSR count). The maximum Gasteiger partial charge on any atom is 0.233 e. The van der Waals surface area contributed by atoms with Crippen LogP contribution in [-0.4, -0.2) is 35.7 Å². The molecule has 1 fully saturated rings. The molecule has 1 unspecified atom stereocenters. The Kier molecular flexibility index (Phi) is 5.31. The first-order valence-corrected chi connectivity index (χ1v) is 8.89. The summed E-state index contributed by atoms with van der Waals surface area (Å²) in [5, 5.41) is 2.90. The zero-order valence-corrected chi connectivity index (χ0v) is 14.5. The predicted molar refractivity (Wildman–Crippen MR) is 94.6 cm³/mol. The summed E-state index contributed by atoms with van der Waals surface area (Å²) in [4.78, 5) is 38.1. The Morgan fingerprint density at radius 3 is 2.32 bits per heavy atom. The van der Waals surface area contributed by atoms with Gasteiger partial charge in [0.25, 0.3) is 0 Å². The molecule has 0 radical (unpaired) electrons. The third-order valence-electron chi connectivity index (χ3n) is 5.14. The Bertz CT molecular complexity index is 657. The lowest BCUT2D eigenvalue weighted by Gasteiger charge is -2.16. The third-order valence-corrected chi connectivity index (χ3v) is 5.14. The summed E-state index contributed by atoms with van der Waals surface area (Å²) in [7, 11) is 0. The van der Waals surface area contributed by atoms with E-state index in [2.05, 4.69) is 12.2 Å². The summed E-state index contributed by atoms with van der Waals surface area (Å²) in [6.45, 7) is 2.77. The summed E-state index contributed by atoms with van der Waals surface area (Å²) in [6.07, 6.45) is 5.35. The quantitative estimate of drug-likeness (QED) is 0.638. The molecule has 1 aromatic rings. The zero-order chi connectivity index (χ0) is 17.8. The molecule has 1 N–H and O–H groups in total. The Hall–Kier alpha value is -2.43.